The molecule has 0 aromatic carbocycles. The summed E-state index contributed by atoms with van der Waals surface area (Å²) >= 11 is 0. The minimum atomic E-state index is 0.520. The van der Waals surface area contributed by atoms with Gasteiger partial charge in [0.15, 0.2) is 5.96 Å². The summed E-state index contributed by atoms with van der Waals surface area (Å²) in [4.78, 5) is 11.0. The van der Waals surface area contributed by atoms with Crippen LogP contribution in [0.4, 0.5) is 0 Å². The minimum Gasteiger partial charge on any atom is -0.356 e. The highest BCUT2D eigenvalue weighted by Gasteiger charge is 2.28. The van der Waals surface area contributed by atoms with Crippen LogP contribution < -0.4 is 10.6 Å². The summed E-state index contributed by atoms with van der Waals surface area (Å²) in [6.07, 6.45) is 5.42. The van der Waals surface area contributed by atoms with Crippen molar-refractivity contribution < 1.29 is 0 Å². The quantitative estimate of drug-likeness (QED) is 0.586. The van der Waals surface area contributed by atoms with Crippen LogP contribution in [-0.4, -0.2) is 55.1 Å². The molecular weight excluding hydrogens is 262 g/mol. The van der Waals surface area contributed by atoms with Crippen molar-refractivity contribution in [2.24, 2.45) is 4.99 Å². The number of nitrogens with zero attached hydrogens (tertiary/aromatic N) is 3. The Labute approximate surface area is 127 Å². The molecule has 1 fully saturated rings. The SMILES string of the molecule is CN=C(NCCc1ccccn1)NCC(C)N(C)C1CC1. The highest BCUT2D eigenvalue weighted by Crippen LogP contribution is 2.26. The van der Waals surface area contributed by atoms with Gasteiger partial charge in [-0.1, -0.05) is 6.07 Å². The fourth-order valence-electron chi connectivity index (χ4n) is 2.31. The van der Waals surface area contributed by atoms with Crippen molar-refractivity contribution in [2.75, 3.05) is 27.2 Å². The molecule has 0 spiro atoms. The van der Waals surface area contributed by atoms with Crippen molar-refractivity contribution in [3.8, 4) is 0 Å². The third-order valence-electron chi connectivity index (χ3n) is 4.01. The van der Waals surface area contributed by atoms with E-state index in [9.17, 15) is 0 Å². The summed E-state index contributed by atoms with van der Waals surface area (Å²) in [5.74, 6) is 0.863. The number of guanidine groups is 1. The maximum absolute atomic E-state index is 4.32. The van der Waals surface area contributed by atoms with Gasteiger partial charge in [0.2, 0.25) is 0 Å². The van der Waals surface area contributed by atoms with Gasteiger partial charge in [-0.15, -0.1) is 0 Å². The first-order valence-electron chi connectivity index (χ1n) is 7.77. The molecule has 0 radical (unpaired) electrons. The smallest absolute Gasteiger partial charge is 0.191 e. The zero-order valence-corrected chi connectivity index (χ0v) is 13.3. The first-order valence-corrected chi connectivity index (χ1v) is 7.77. The van der Waals surface area contributed by atoms with Gasteiger partial charge < -0.3 is 10.6 Å². The molecule has 0 bridgehead atoms. The first kappa shape index (κ1) is 15.8. The van der Waals surface area contributed by atoms with E-state index in [4.69, 9.17) is 0 Å². The average Bonchev–Trinajstić information content (AvgIpc) is 3.35. The second kappa shape index (κ2) is 7.98. The molecule has 1 unspecified atom stereocenters. The topological polar surface area (TPSA) is 52.6 Å². The Morgan fingerprint density at radius 3 is 2.86 bits per heavy atom. The highest BCUT2D eigenvalue weighted by atomic mass is 15.2. The minimum absolute atomic E-state index is 0.520. The second-order valence-electron chi connectivity index (χ2n) is 5.70. The predicted octanol–water partition coefficient (Wildman–Crippen LogP) is 1.27. The molecule has 1 aliphatic rings. The zero-order chi connectivity index (χ0) is 15.1. The zero-order valence-electron chi connectivity index (χ0n) is 13.3. The molecule has 116 valence electrons. The van der Waals surface area contributed by atoms with Crippen LogP contribution in [0.25, 0.3) is 0 Å². The molecule has 5 heteroatoms. The summed E-state index contributed by atoms with van der Waals surface area (Å²) < 4.78 is 0. The van der Waals surface area contributed by atoms with Gasteiger partial charge in [0.1, 0.15) is 0 Å². The van der Waals surface area contributed by atoms with E-state index in [0.29, 0.717) is 6.04 Å². The molecule has 2 rings (SSSR count). The Bertz CT molecular complexity index is 441. The number of aromatic nitrogens is 1. The van der Waals surface area contributed by atoms with Crippen molar-refractivity contribution in [3.05, 3.63) is 30.1 Å². The van der Waals surface area contributed by atoms with Crippen LogP contribution in [-0.2, 0) is 6.42 Å². The average molecular weight is 289 g/mol. The lowest BCUT2D eigenvalue weighted by Crippen LogP contribution is -2.45. The lowest BCUT2D eigenvalue weighted by Gasteiger charge is -2.25. The number of rotatable bonds is 7. The highest BCUT2D eigenvalue weighted by molar-refractivity contribution is 5.79. The van der Waals surface area contributed by atoms with E-state index in [1.807, 2.05) is 31.4 Å². The van der Waals surface area contributed by atoms with E-state index in [0.717, 1.165) is 37.2 Å². The van der Waals surface area contributed by atoms with Crippen LogP contribution in [0, 0.1) is 0 Å². The standard InChI is InChI=1S/C16H27N5/c1-13(21(3)15-7-8-15)12-20-16(17-2)19-11-9-14-6-4-5-10-18-14/h4-6,10,13,15H,7-9,11-12H2,1-3H3,(H2,17,19,20). The van der Waals surface area contributed by atoms with E-state index >= 15 is 0 Å². The summed E-state index contributed by atoms with van der Waals surface area (Å²) in [5.41, 5.74) is 1.10. The number of likely N-dealkylation sites (N-methyl/N-ethyl adjacent to an activating group) is 1. The summed E-state index contributed by atoms with van der Waals surface area (Å²) in [6, 6.07) is 7.32. The molecule has 1 aliphatic carbocycles. The van der Waals surface area contributed by atoms with Gasteiger partial charge in [-0.25, -0.2) is 0 Å². The summed E-state index contributed by atoms with van der Waals surface area (Å²) in [7, 11) is 4.02. The maximum atomic E-state index is 4.32. The molecule has 21 heavy (non-hydrogen) atoms. The number of pyridine rings is 1. The van der Waals surface area contributed by atoms with Crippen LogP contribution in [0.2, 0.25) is 0 Å². The largest absolute Gasteiger partial charge is 0.356 e. The van der Waals surface area contributed by atoms with Gasteiger partial charge in [0.05, 0.1) is 0 Å². The predicted molar refractivity (Wildman–Crippen MR) is 87.6 cm³/mol. The van der Waals surface area contributed by atoms with E-state index in [1.54, 1.807) is 0 Å². The summed E-state index contributed by atoms with van der Waals surface area (Å²) in [6.45, 7) is 4.01. The molecule has 1 atom stereocenters. The lowest BCUT2D eigenvalue weighted by molar-refractivity contribution is 0.247. The van der Waals surface area contributed by atoms with Gasteiger partial charge in [-0.2, -0.15) is 0 Å². The third kappa shape index (κ3) is 5.34. The number of nitrogens with one attached hydrogen (secondary N) is 2. The van der Waals surface area contributed by atoms with Gasteiger partial charge in [-0.3, -0.25) is 14.9 Å². The fraction of sp³-hybridized carbons (Fsp3) is 0.625. The lowest BCUT2D eigenvalue weighted by atomic mass is 10.3. The van der Waals surface area contributed by atoms with Gasteiger partial charge in [0, 0.05) is 50.5 Å². The van der Waals surface area contributed by atoms with E-state index in [2.05, 4.69) is 39.5 Å². The van der Waals surface area contributed by atoms with E-state index in [-0.39, 0.29) is 0 Å². The molecule has 5 nitrogen and oxygen atoms in total. The number of aliphatic imine (C=N–C) groups is 1. The van der Waals surface area contributed by atoms with Crippen molar-refractivity contribution in [3.63, 3.8) is 0 Å². The van der Waals surface area contributed by atoms with E-state index in [1.165, 1.54) is 12.8 Å². The van der Waals surface area contributed by atoms with Crippen LogP contribution in [0.5, 0.6) is 0 Å². The third-order valence-corrected chi connectivity index (χ3v) is 4.01. The maximum Gasteiger partial charge on any atom is 0.191 e. The molecular formula is C16H27N5. The molecule has 1 saturated carbocycles. The van der Waals surface area contributed by atoms with Crippen LogP contribution in [0.15, 0.2) is 29.4 Å². The number of hydrogen-bond acceptors (Lipinski definition) is 3. The Morgan fingerprint density at radius 1 is 1.43 bits per heavy atom. The first-order chi connectivity index (χ1) is 10.2. The van der Waals surface area contributed by atoms with Crippen molar-refractivity contribution in [1.29, 1.82) is 0 Å². The normalized spacial score (nSPS) is 16.9. The fourth-order valence-corrected chi connectivity index (χ4v) is 2.31. The molecule has 1 aromatic heterocycles. The van der Waals surface area contributed by atoms with Crippen molar-refractivity contribution >= 4 is 5.96 Å². The Hall–Kier alpha value is -1.62. The van der Waals surface area contributed by atoms with Crippen molar-refractivity contribution in [2.45, 2.75) is 38.3 Å². The number of hydrogen-bond donors (Lipinski definition) is 2. The molecule has 2 N–H and O–H groups in total. The Morgan fingerprint density at radius 2 is 2.24 bits per heavy atom. The van der Waals surface area contributed by atoms with E-state index < -0.39 is 0 Å². The molecule has 0 aliphatic heterocycles. The molecule has 1 aromatic rings. The summed E-state index contributed by atoms with van der Waals surface area (Å²) in [5, 5.41) is 6.73. The molecule has 1 heterocycles. The molecule has 0 amide bonds. The van der Waals surface area contributed by atoms with Crippen LogP contribution in [0.3, 0.4) is 0 Å². The monoisotopic (exact) mass is 289 g/mol. The Balaban J connectivity index is 1.66. The van der Waals surface area contributed by atoms with Gasteiger partial charge in [-0.05, 0) is 38.9 Å². The van der Waals surface area contributed by atoms with Crippen LogP contribution >= 0.6 is 0 Å². The van der Waals surface area contributed by atoms with Crippen molar-refractivity contribution in [1.82, 2.24) is 20.5 Å². The van der Waals surface area contributed by atoms with Crippen LogP contribution in [0.1, 0.15) is 25.5 Å². The Kier molecular flexibility index (Phi) is 5.99. The second-order valence-corrected chi connectivity index (χ2v) is 5.70. The molecule has 0 saturated heterocycles. The van der Waals surface area contributed by atoms with Gasteiger partial charge >= 0.3 is 0 Å². The van der Waals surface area contributed by atoms with Gasteiger partial charge in [0.25, 0.3) is 0 Å².